The van der Waals surface area contributed by atoms with Crippen molar-refractivity contribution in [2.24, 2.45) is 5.73 Å². The van der Waals surface area contributed by atoms with E-state index in [4.69, 9.17) is 10.5 Å². The third kappa shape index (κ3) is 3.86. The number of ether oxygens (including phenoxy) is 1. The molecule has 3 amide bonds. The summed E-state index contributed by atoms with van der Waals surface area (Å²) in [6, 6.07) is 12.7. The summed E-state index contributed by atoms with van der Waals surface area (Å²) in [5.74, 6) is -0.997. The molecule has 3 aliphatic rings. The molecule has 2 aromatic rings. The molecular formula is C26H30N4O4. The van der Waals surface area contributed by atoms with Crippen LogP contribution in [0.25, 0.3) is 0 Å². The van der Waals surface area contributed by atoms with Gasteiger partial charge in [-0.25, -0.2) is 0 Å². The first kappa shape index (κ1) is 22.6. The van der Waals surface area contributed by atoms with Crippen LogP contribution < -0.4 is 16.4 Å². The van der Waals surface area contributed by atoms with Gasteiger partial charge in [0.05, 0.1) is 13.2 Å². The van der Waals surface area contributed by atoms with Gasteiger partial charge >= 0.3 is 0 Å². The smallest absolute Gasteiger partial charge is 0.248 e. The van der Waals surface area contributed by atoms with Gasteiger partial charge in [-0.1, -0.05) is 42.5 Å². The number of aryl methyl sites for hydroxylation is 1. The Kier molecular flexibility index (Phi) is 6.10. The minimum Gasteiger partial charge on any atom is -0.368 e. The van der Waals surface area contributed by atoms with Crippen LogP contribution in [0.15, 0.2) is 42.5 Å². The number of benzene rings is 2. The average molecular weight is 463 g/mol. The van der Waals surface area contributed by atoms with Gasteiger partial charge in [0.25, 0.3) is 0 Å². The average Bonchev–Trinajstić information content (AvgIpc) is 3.09. The molecule has 8 heteroatoms. The predicted molar refractivity (Wildman–Crippen MR) is 126 cm³/mol. The Hall–Kier alpha value is -3.23. The molecule has 0 spiro atoms. The number of carbonyl (C=O) groups is 3. The number of amides is 3. The zero-order valence-corrected chi connectivity index (χ0v) is 19.3. The Bertz CT molecular complexity index is 1130. The molecule has 8 nitrogen and oxygen atoms in total. The van der Waals surface area contributed by atoms with Gasteiger partial charge in [0.2, 0.25) is 17.7 Å². The maximum absolute atomic E-state index is 13.6. The van der Waals surface area contributed by atoms with Gasteiger partial charge in [-0.15, -0.1) is 0 Å². The van der Waals surface area contributed by atoms with Gasteiger partial charge in [0, 0.05) is 12.0 Å². The Morgan fingerprint density at radius 2 is 1.85 bits per heavy atom. The van der Waals surface area contributed by atoms with Gasteiger partial charge in [0.1, 0.15) is 12.1 Å². The van der Waals surface area contributed by atoms with Gasteiger partial charge in [-0.3, -0.25) is 19.3 Å². The summed E-state index contributed by atoms with van der Waals surface area (Å²) in [7, 11) is 1.67. The Morgan fingerprint density at radius 1 is 1.09 bits per heavy atom. The molecule has 0 aromatic heterocycles. The highest BCUT2D eigenvalue weighted by Gasteiger charge is 2.49. The van der Waals surface area contributed by atoms with Crippen molar-refractivity contribution in [3.05, 3.63) is 70.3 Å². The van der Waals surface area contributed by atoms with Gasteiger partial charge in [0.15, 0.2) is 6.23 Å². The number of nitrogens with one attached hydrogen (secondary N) is 2. The summed E-state index contributed by atoms with van der Waals surface area (Å²) in [4.78, 5) is 40.0. The molecule has 1 fully saturated rings. The lowest BCUT2D eigenvalue weighted by Gasteiger charge is -2.30. The molecule has 5 rings (SSSR count). The van der Waals surface area contributed by atoms with E-state index in [1.165, 1.54) is 16.0 Å². The normalized spacial score (nSPS) is 25.7. The molecule has 2 aromatic carbocycles. The maximum Gasteiger partial charge on any atom is 0.248 e. The van der Waals surface area contributed by atoms with Crippen LogP contribution in [0, 0.1) is 0 Å². The van der Waals surface area contributed by atoms with Crippen LogP contribution >= 0.6 is 0 Å². The number of nitrogens with two attached hydrogens (primary N) is 1. The van der Waals surface area contributed by atoms with Crippen LogP contribution in [-0.4, -0.2) is 48.9 Å². The second kappa shape index (κ2) is 9.19. The van der Waals surface area contributed by atoms with Crippen molar-refractivity contribution in [3.63, 3.8) is 0 Å². The number of primary amides is 1. The molecule has 178 valence electrons. The summed E-state index contributed by atoms with van der Waals surface area (Å²) in [5, 5.41) is 5.56. The van der Waals surface area contributed by atoms with Gasteiger partial charge in [-0.05, 0) is 54.5 Å². The fourth-order valence-electron chi connectivity index (χ4n) is 5.71. The van der Waals surface area contributed by atoms with Crippen LogP contribution in [0.2, 0.25) is 0 Å². The van der Waals surface area contributed by atoms with Crippen molar-refractivity contribution in [2.45, 2.75) is 49.9 Å². The number of hydrogen-bond donors (Lipinski definition) is 3. The Labute approximate surface area is 198 Å². The van der Waals surface area contributed by atoms with E-state index in [0.717, 1.165) is 36.0 Å². The van der Waals surface area contributed by atoms with Crippen molar-refractivity contribution >= 4 is 17.7 Å². The van der Waals surface area contributed by atoms with Crippen molar-refractivity contribution < 1.29 is 19.1 Å². The Balaban J connectivity index is 1.51. The van der Waals surface area contributed by atoms with Crippen LogP contribution in [0.3, 0.4) is 0 Å². The van der Waals surface area contributed by atoms with Gasteiger partial charge < -0.3 is 21.1 Å². The molecule has 2 unspecified atom stereocenters. The third-order valence-corrected chi connectivity index (χ3v) is 7.21. The number of rotatable bonds is 5. The number of nitrogens with zero attached hydrogens (tertiary/aromatic N) is 1. The lowest BCUT2D eigenvalue weighted by molar-refractivity contribution is -0.152. The lowest BCUT2D eigenvalue weighted by Crippen LogP contribution is -2.51. The highest BCUT2D eigenvalue weighted by atomic mass is 16.5. The predicted octanol–water partition coefficient (Wildman–Crippen LogP) is 1.45. The summed E-state index contributed by atoms with van der Waals surface area (Å²) in [6.45, 7) is 0.379. The second-order valence-electron chi connectivity index (χ2n) is 9.27. The summed E-state index contributed by atoms with van der Waals surface area (Å²) in [6.07, 6.45) is 2.44. The number of fused-ring (bicyclic) bond motifs is 4. The first-order valence-electron chi connectivity index (χ1n) is 11.9. The van der Waals surface area contributed by atoms with E-state index in [9.17, 15) is 14.4 Å². The largest absolute Gasteiger partial charge is 0.368 e. The van der Waals surface area contributed by atoms with Crippen molar-refractivity contribution in [1.82, 2.24) is 15.5 Å². The zero-order valence-electron chi connectivity index (χ0n) is 19.3. The summed E-state index contributed by atoms with van der Waals surface area (Å²) >= 11 is 0. The highest BCUT2D eigenvalue weighted by molar-refractivity contribution is 5.94. The molecule has 34 heavy (non-hydrogen) atoms. The first-order valence-corrected chi connectivity index (χ1v) is 11.9. The fraction of sp³-hybridized carbons (Fsp3) is 0.423. The third-order valence-electron chi connectivity index (χ3n) is 7.21. The van der Waals surface area contributed by atoms with Crippen LogP contribution in [0.5, 0.6) is 0 Å². The topological polar surface area (TPSA) is 114 Å². The molecule has 2 aliphatic heterocycles. The number of hydrogen-bond acceptors (Lipinski definition) is 5. The van der Waals surface area contributed by atoms with E-state index in [1.807, 2.05) is 12.1 Å². The Morgan fingerprint density at radius 3 is 2.62 bits per heavy atom. The monoisotopic (exact) mass is 462 g/mol. The lowest BCUT2D eigenvalue weighted by atomic mass is 9.77. The number of likely N-dealkylation sites (N-methyl/N-ethyl adjacent to an activating group) is 1. The standard InChI is InChI=1S/C26H30N4O4/c1-28-14-21(31)29-20-11-12-34-26-19-8-4-7-18(22(19)23(24(27)32)30(26)25(20)33)17-10-9-15-5-2-3-6-16(15)13-17/h2-8,17,20,23,26,28H,9-14H2,1H3,(H2,27,32)(H,29,31)/t17?,20-,23?,26-/m0/s1. The fourth-order valence-corrected chi connectivity index (χ4v) is 5.71. The minimum absolute atomic E-state index is 0.0981. The van der Waals surface area contributed by atoms with Crippen LogP contribution in [0.4, 0.5) is 0 Å². The van der Waals surface area contributed by atoms with E-state index in [2.05, 4.69) is 41.0 Å². The maximum atomic E-state index is 13.6. The van der Waals surface area contributed by atoms with E-state index in [0.29, 0.717) is 6.42 Å². The molecule has 4 atom stereocenters. The van der Waals surface area contributed by atoms with E-state index < -0.39 is 24.2 Å². The molecule has 1 saturated heterocycles. The van der Waals surface area contributed by atoms with Crippen LogP contribution in [0.1, 0.15) is 58.8 Å². The second-order valence-corrected chi connectivity index (χ2v) is 9.27. The zero-order chi connectivity index (χ0) is 23.8. The molecule has 4 N–H and O–H groups in total. The van der Waals surface area contributed by atoms with Crippen LogP contribution in [-0.2, 0) is 32.0 Å². The van der Waals surface area contributed by atoms with Crippen molar-refractivity contribution in [2.75, 3.05) is 20.2 Å². The molecule has 0 radical (unpaired) electrons. The van der Waals surface area contributed by atoms with E-state index in [-0.39, 0.29) is 30.9 Å². The quantitative estimate of drug-likeness (QED) is 0.623. The highest BCUT2D eigenvalue weighted by Crippen LogP contribution is 2.48. The minimum atomic E-state index is -0.928. The summed E-state index contributed by atoms with van der Waals surface area (Å²) < 4.78 is 6.10. The molecular weight excluding hydrogens is 432 g/mol. The molecule has 1 aliphatic carbocycles. The molecule has 0 bridgehead atoms. The SMILES string of the molecule is CNCC(=O)N[C@H]1CCO[C@H]2c3cccc(C4CCc5ccccc5C4)c3C(C(N)=O)N2C1=O. The van der Waals surface area contributed by atoms with E-state index >= 15 is 0 Å². The van der Waals surface area contributed by atoms with E-state index in [1.54, 1.807) is 7.05 Å². The molecule has 2 heterocycles. The van der Waals surface area contributed by atoms with Gasteiger partial charge in [-0.2, -0.15) is 0 Å². The summed E-state index contributed by atoms with van der Waals surface area (Å²) in [5.41, 5.74) is 11.3. The van der Waals surface area contributed by atoms with Crippen molar-refractivity contribution in [1.29, 1.82) is 0 Å². The number of carbonyl (C=O) groups excluding carboxylic acids is 3. The first-order chi connectivity index (χ1) is 16.5. The van der Waals surface area contributed by atoms with Crippen molar-refractivity contribution in [3.8, 4) is 0 Å². The molecule has 0 saturated carbocycles.